The molecule has 4 nitrogen and oxygen atoms in total. The third-order valence-corrected chi connectivity index (χ3v) is 5.22. The zero-order chi connectivity index (χ0) is 16.5. The van der Waals surface area contributed by atoms with Gasteiger partial charge in [0.25, 0.3) is 0 Å². The summed E-state index contributed by atoms with van der Waals surface area (Å²) in [5.41, 5.74) is 3.91. The van der Waals surface area contributed by atoms with Crippen LogP contribution in [0.2, 0.25) is 0 Å². The molecule has 0 aliphatic heterocycles. The minimum absolute atomic E-state index is 0.0668. The Labute approximate surface area is 141 Å². The Hall–Kier alpha value is -2.33. The molecule has 0 bridgehead atoms. The number of urea groups is 1. The van der Waals surface area contributed by atoms with Gasteiger partial charge in [-0.15, -0.1) is 0 Å². The van der Waals surface area contributed by atoms with Gasteiger partial charge >= 0.3 is 6.03 Å². The van der Waals surface area contributed by atoms with Gasteiger partial charge in [0.2, 0.25) is 0 Å². The fourth-order valence-electron chi connectivity index (χ4n) is 3.99. The molecule has 4 rings (SSSR count). The first-order chi connectivity index (χ1) is 11.8. The van der Waals surface area contributed by atoms with Gasteiger partial charge in [0, 0.05) is 12.0 Å². The average Bonchev–Trinajstić information content (AvgIpc) is 3.11. The fraction of sp³-hybridized carbons (Fsp3) is 0.350. The van der Waals surface area contributed by atoms with E-state index >= 15 is 0 Å². The van der Waals surface area contributed by atoms with Crippen LogP contribution in [0.1, 0.15) is 22.6 Å². The number of amides is 2. The molecular weight excluding hydrogens is 300 g/mol. The first kappa shape index (κ1) is 15.2. The number of carbonyl (C=O) groups excluding carboxylic acids is 1. The second kappa shape index (κ2) is 6.29. The fourth-order valence-corrected chi connectivity index (χ4v) is 3.99. The molecule has 2 aromatic carbocycles. The molecule has 1 saturated carbocycles. The van der Waals surface area contributed by atoms with Crippen LogP contribution in [-0.4, -0.2) is 29.8 Å². The third kappa shape index (κ3) is 2.89. The molecule has 0 spiro atoms. The van der Waals surface area contributed by atoms with Crippen LogP contribution in [0.4, 0.5) is 4.79 Å². The van der Waals surface area contributed by atoms with E-state index in [9.17, 15) is 9.90 Å². The standard InChI is InChI=1S/C20H22N2O2/c23-12-15(10-13-6-2-1-3-7-13)21-20(24)22-19-17-11-14-8-4-5-9-16(14)18(17)19/h1-9,15,17-19,23H,10-12H2,(H2,21,22,24)/t15-,17?,18?,19?/m0/s1. The Balaban J connectivity index is 1.31. The topological polar surface area (TPSA) is 61.4 Å². The summed E-state index contributed by atoms with van der Waals surface area (Å²) in [6.45, 7) is -0.0668. The molecular formula is C20H22N2O2. The Morgan fingerprint density at radius 3 is 2.67 bits per heavy atom. The second-order valence-corrected chi connectivity index (χ2v) is 6.81. The Morgan fingerprint density at radius 2 is 1.88 bits per heavy atom. The summed E-state index contributed by atoms with van der Waals surface area (Å²) in [5, 5.41) is 15.5. The van der Waals surface area contributed by atoms with Crippen LogP contribution in [0, 0.1) is 5.92 Å². The molecule has 0 aromatic heterocycles. The highest BCUT2D eigenvalue weighted by Gasteiger charge is 2.56. The lowest BCUT2D eigenvalue weighted by Gasteiger charge is -2.18. The van der Waals surface area contributed by atoms with Crippen LogP contribution in [0.5, 0.6) is 0 Å². The van der Waals surface area contributed by atoms with Gasteiger partial charge in [0.15, 0.2) is 0 Å². The van der Waals surface area contributed by atoms with E-state index in [0.29, 0.717) is 18.3 Å². The maximum absolute atomic E-state index is 12.3. The van der Waals surface area contributed by atoms with Crippen LogP contribution in [-0.2, 0) is 12.8 Å². The number of aliphatic hydroxyl groups excluding tert-OH is 1. The Kier molecular flexibility index (Phi) is 3.98. The summed E-state index contributed by atoms with van der Waals surface area (Å²) in [6, 6.07) is 18.2. The van der Waals surface area contributed by atoms with Crippen LogP contribution < -0.4 is 10.6 Å². The predicted molar refractivity (Wildman–Crippen MR) is 92.9 cm³/mol. The highest BCUT2D eigenvalue weighted by Crippen LogP contribution is 2.56. The van der Waals surface area contributed by atoms with Crippen LogP contribution in [0.15, 0.2) is 54.6 Å². The number of rotatable bonds is 5. The molecule has 2 amide bonds. The number of fused-ring (bicyclic) bond motifs is 3. The van der Waals surface area contributed by atoms with Crippen LogP contribution >= 0.6 is 0 Å². The second-order valence-electron chi connectivity index (χ2n) is 6.81. The highest BCUT2D eigenvalue weighted by molar-refractivity contribution is 5.75. The van der Waals surface area contributed by atoms with Crippen molar-refractivity contribution >= 4 is 6.03 Å². The quantitative estimate of drug-likeness (QED) is 0.790. The molecule has 1 fully saturated rings. The lowest BCUT2D eigenvalue weighted by Crippen LogP contribution is -2.46. The van der Waals surface area contributed by atoms with Crippen molar-refractivity contribution < 1.29 is 9.90 Å². The maximum atomic E-state index is 12.3. The van der Waals surface area contributed by atoms with Gasteiger partial charge in [-0.05, 0) is 35.4 Å². The van der Waals surface area contributed by atoms with Crippen molar-refractivity contribution in [1.29, 1.82) is 0 Å². The maximum Gasteiger partial charge on any atom is 0.315 e. The van der Waals surface area contributed by atoms with E-state index in [1.807, 2.05) is 30.3 Å². The summed E-state index contributed by atoms with van der Waals surface area (Å²) in [7, 11) is 0. The number of benzene rings is 2. The molecule has 2 aliphatic carbocycles. The van der Waals surface area contributed by atoms with E-state index in [4.69, 9.17) is 0 Å². The molecule has 0 radical (unpaired) electrons. The number of hydrogen-bond acceptors (Lipinski definition) is 2. The van der Waals surface area contributed by atoms with Crippen LogP contribution in [0.3, 0.4) is 0 Å². The van der Waals surface area contributed by atoms with Gasteiger partial charge in [-0.25, -0.2) is 4.79 Å². The smallest absolute Gasteiger partial charge is 0.315 e. The van der Waals surface area contributed by atoms with Gasteiger partial charge in [0.05, 0.1) is 12.6 Å². The monoisotopic (exact) mass is 322 g/mol. The summed E-state index contributed by atoms with van der Waals surface area (Å²) >= 11 is 0. The molecule has 2 aliphatic rings. The van der Waals surface area contributed by atoms with Crippen molar-refractivity contribution in [3.05, 3.63) is 71.3 Å². The summed E-state index contributed by atoms with van der Waals surface area (Å²) in [6.07, 6.45) is 1.68. The van der Waals surface area contributed by atoms with Crippen molar-refractivity contribution in [3.8, 4) is 0 Å². The molecule has 2 aromatic rings. The Bertz CT molecular complexity index is 725. The van der Waals surface area contributed by atoms with Gasteiger partial charge in [-0.3, -0.25) is 0 Å². The van der Waals surface area contributed by atoms with E-state index < -0.39 is 0 Å². The first-order valence-corrected chi connectivity index (χ1v) is 8.56. The van der Waals surface area contributed by atoms with Gasteiger partial charge in [0.1, 0.15) is 0 Å². The molecule has 3 unspecified atom stereocenters. The lowest BCUT2D eigenvalue weighted by atomic mass is 10.1. The first-order valence-electron chi connectivity index (χ1n) is 8.56. The zero-order valence-electron chi connectivity index (χ0n) is 13.5. The molecule has 4 atom stereocenters. The van der Waals surface area contributed by atoms with Crippen molar-refractivity contribution in [3.63, 3.8) is 0 Å². The molecule has 3 N–H and O–H groups in total. The van der Waals surface area contributed by atoms with Gasteiger partial charge in [-0.2, -0.15) is 0 Å². The summed E-state index contributed by atoms with van der Waals surface area (Å²) in [4.78, 5) is 12.3. The molecule has 0 heterocycles. The van der Waals surface area contributed by atoms with E-state index in [1.165, 1.54) is 11.1 Å². The van der Waals surface area contributed by atoms with E-state index in [1.54, 1.807) is 0 Å². The highest BCUT2D eigenvalue weighted by atomic mass is 16.3. The minimum Gasteiger partial charge on any atom is -0.394 e. The summed E-state index contributed by atoms with van der Waals surface area (Å²) in [5.74, 6) is 1.00. The summed E-state index contributed by atoms with van der Waals surface area (Å²) < 4.78 is 0. The zero-order valence-corrected chi connectivity index (χ0v) is 13.5. The number of nitrogens with one attached hydrogen (secondary N) is 2. The van der Waals surface area contributed by atoms with Crippen LogP contribution in [0.25, 0.3) is 0 Å². The van der Waals surface area contributed by atoms with Gasteiger partial charge < -0.3 is 15.7 Å². The SMILES string of the molecule is O=C(NC1C2Cc3ccccc3C21)N[C@H](CO)Cc1ccccc1. The van der Waals surface area contributed by atoms with Crippen molar-refractivity contribution in [1.82, 2.24) is 10.6 Å². The molecule has 4 heteroatoms. The largest absolute Gasteiger partial charge is 0.394 e. The normalized spacial score (nSPS) is 24.6. The Morgan fingerprint density at radius 1 is 1.12 bits per heavy atom. The number of aliphatic hydroxyl groups is 1. The molecule has 124 valence electrons. The van der Waals surface area contributed by atoms with E-state index in [2.05, 4.69) is 34.9 Å². The van der Waals surface area contributed by atoms with E-state index in [0.717, 1.165) is 12.0 Å². The van der Waals surface area contributed by atoms with E-state index in [-0.39, 0.29) is 24.7 Å². The molecule has 24 heavy (non-hydrogen) atoms. The third-order valence-electron chi connectivity index (χ3n) is 5.22. The number of hydrogen-bond donors (Lipinski definition) is 3. The van der Waals surface area contributed by atoms with Gasteiger partial charge in [-0.1, -0.05) is 54.6 Å². The molecule has 0 saturated heterocycles. The minimum atomic E-state index is -0.265. The van der Waals surface area contributed by atoms with Crippen molar-refractivity contribution in [2.45, 2.75) is 30.8 Å². The number of carbonyl (C=O) groups is 1. The van der Waals surface area contributed by atoms with Crippen molar-refractivity contribution in [2.24, 2.45) is 5.92 Å². The average molecular weight is 322 g/mol. The predicted octanol–water partition coefficient (Wildman–Crippen LogP) is 2.23. The van der Waals surface area contributed by atoms with Crippen molar-refractivity contribution in [2.75, 3.05) is 6.61 Å². The lowest BCUT2D eigenvalue weighted by molar-refractivity contribution is 0.215.